The SMILES string of the molecule is CN1CCOC(C(O)CCc2nccn2C)C1. The van der Waals surface area contributed by atoms with Crippen molar-refractivity contribution in [1.82, 2.24) is 14.5 Å². The predicted molar refractivity (Wildman–Crippen MR) is 64.8 cm³/mol. The lowest BCUT2D eigenvalue weighted by atomic mass is 10.1. The number of morpholine rings is 1. The molecule has 0 spiro atoms. The molecule has 1 aliphatic rings. The van der Waals surface area contributed by atoms with Crippen molar-refractivity contribution in [2.24, 2.45) is 7.05 Å². The molecule has 0 amide bonds. The minimum absolute atomic E-state index is 0.0611. The zero-order chi connectivity index (χ0) is 12.3. The van der Waals surface area contributed by atoms with Crippen LogP contribution < -0.4 is 0 Å². The molecule has 0 aromatic carbocycles. The lowest BCUT2D eigenvalue weighted by Crippen LogP contribution is -2.46. The van der Waals surface area contributed by atoms with Crippen LogP contribution in [0.1, 0.15) is 12.2 Å². The van der Waals surface area contributed by atoms with Gasteiger partial charge >= 0.3 is 0 Å². The zero-order valence-corrected chi connectivity index (χ0v) is 10.5. The third-order valence-electron chi connectivity index (χ3n) is 3.31. The van der Waals surface area contributed by atoms with Crippen LogP contribution in [0.25, 0.3) is 0 Å². The second kappa shape index (κ2) is 5.62. The Morgan fingerprint density at radius 3 is 3.06 bits per heavy atom. The standard InChI is InChI=1S/C12H21N3O2/c1-14-7-8-17-11(9-14)10(16)3-4-12-13-5-6-15(12)2/h5-6,10-11,16H,3-4,7-9H2,1-2H3. The Kier molecular flexibility index (Phi) is 4.15. The summed E-state index contributed by atoms with van der Waals surface area (Å²) < 4.78 is 7.58. The van der Waals surface area contributed by atoms with Gasteiger partial charge in [0.25, 0.3) is 0 Å². The quantitative estimate of drug-likeness (QED) is 0.806. The molecule has 2 rings (SSSR count). The number of hydrogen-bond donors (Lipinski definition) is 1. The molecule has 17 heavy (non-hydrogen) atoms. The van der Waals surface area contributed by atoms with E-state index in [1.807, 2.05) is 17.8 Å². The summed E-state index contributed by atoms with van der Waals surface area (Å²) in [4.78, 5) is 6.44. The van der Waals surface area contributed by atoms with E-state index >= 15 is 0 Å². The molecular weight excluding hydrogens is 218 g/mol. The van der Waals surface area contributed by atoms with Crippen molar-refractivity contribution >= 4 is 0 Å². The van der Waals surface area contributed by atoms with Gasteiger partial charge < -0.3 is 19.3 Å². The number of nitrogens with zero attached hydrogens (tertiary/aromatic N) is 3. The monoisotopic (exact) mass is 239 g/mol. The average Bonchev–Trinajstić information content (AvgIpc) is 2.72. The van der Waals surface area contributed by atoms with Crippen LogP contribution in [0.15, 0.2) is 12.4 Å². The van der Waals surface area contributed by atoms with Crippen molar-refractivity contribution < 1.29 is 9.84 Å². The summed E-state index contributed by atoms with van der Waals surface area (Å²) in [5, 5.41) is 10.1. The Labute approximate surface area is 102 Å². The number of hydrogen-bond acceptors (Lipinski definition) is 4. The summed E-state index contributed by atoms with van der Waals surface area (Å²) in [5.74, 6) is 1.01. The van der Waals surface area contributed by atoms with Crippen LogP contribution in [0.4, 0.5) is 0 Å². The molecule has 0 aliphatic carbocycles. The van der Waals surface area contributed by atoms with Gasteiger partial charge in [-0.15, -0.1) is 0 Å². The molecule has 1 aromatic heterocycles. The van der Waals surface area contributed by atoms with Crippen LogP contribution in [-0.4, -0.2) is 58.5 Å². The molecule has 0 saturated carbocycles. The summed E-state index contributed by atoms with van der Waals surface area (Å²) in [6.45, 7) is 2.46. The highest BCUT2D eigenvalue weighted by Crippen LogP contribution is 2.12. The normalized spacial score (nSPS) is 23.8. The fourth-order valence-electron chi connectivity index (χ4n) is 2.14. The average molecular weight is 239 g/mol. The van der Waals surface area contributed by atoms with E-state index in [0.717, 1.165) is 25.3 Å². The van der Waals surface area contributed by atoms with Gasteiger partial charge in [0.1, 0.15) is 5.82 Å². The first-order chi connectivity index (χ1) is 8.16. The zero-order valence-electron chi connectivity index (χ0n) is 10.5. The molecule has 2 heterocycles. The Balaban J connectivity index is 1.80. The maximum atomic E-state index is 10.1. The first-order valence-electron chi connectivity index (χ1n) is 6.11. The summed E-state index contributed by atoms with van der Waals surface area (Å²) in [7, 11) is 4.03. The van der Waals surface area contributed by atoms with Crippen molar-refractivity contribution in [3.8, 4) is 0 Å². The molecule has 0 bridgehead atoms. The molecular formula is C12H21N3O2. The second-order valence-corrected chi connectivity index (χ2v) is 4.73. The first-order valence-corrected chi connectivity index (χ1v) is 6.11. The fraction of sp³-hybridized carbons (Fsp3) is 0.750. The lowest BCUT2D eigenvalue weighted by Gasteiger charge is -2.32. The van der Waals surface area contributed by atoms with Gasteiger partial charge in [0, 0.05) is 39.0 Å². The summed E-state index contributed by atoms with van der Waals surface area (Å²) in [6, 6.07) is 0. The number of imidazole rings is 1. The molecule has 1 fully saturated rings. The maximum Gasteiger partial charge on any atom is 0.108 e. The van der Waals surface area contributed by atoms with Gasteiger partial charge in [-0.1, -0.05) is 0 Å². The number of aryl methyl sites for hydroxylation is 2. The number of aliphatic hydroxyl groups is 1. The summed E-state index contributed by atoms with van der Waals surface area (Å²) in [5.41, 5.74) is 0. The van der Waals surface area contributed by atoms with Crippen molar-refractivity contribution in [3.05, 3.63) is 18.2 Å². The molecule has 1 saturated heterocycles. The van der Waals surface area contributed by atoms with E-state index in [4.69, 9.17) is 4.74 Å². The van der Waals surface area contributed by atoms with E-state index in [2.05, 4.69) is 16.9 Å². The highest BCUT2D eigenvalue weighted by Gasteiger charge is 2.25. The first kappa shape index (κ1) is 12.5. The summed E-state index contributed by atoms with van der Waals surface area (Å²) >= 11 is 0. The van der Waals surface area contributed by atoms with Crippen molar-refractivity contribution in [2.45, 2.75) is 25.0 Å². The highest BCUT2D eigenvalue weighted by atomic mass is 16.5. The minimum Gasteiger partial charge on any atom is -0.390 e. The third-order valence-corrected chi connectivity index (χ3v) is 3.31. The molecule has 1 aromatic rings. The van der Waals surface area contributed by atoms with Crippen LogP contribution >= 0.6 is 0 Å². The van der Waals surface area contributed by atoms with Crippen LogP contribution in [0.3, 0.4) is 0 Å². The molecule has 1 aliphatic heterocycles. The maximum absolute atomic E-state index is 10.1. The smallest absolute Gasteiger partial charge is 0.108 e. The topological polar surface area (TPSA) is 50.5 Å². The molecule has 2 atom stereocenters. The van der Waals surface area contributed by atoms with Gasteiger partial charge in [-0.3, -0.25) is 0 Å². The van der Waals surface area contributed by atoms with Gasteiger partial charge in [0.15, 0.2) is 0 Å². The Bertz CT molecular complexity index is 353. The van der Waals surface area contributed by atoms with E-state index in [9.17, 15) is 5.11 Å². The van der Waals surface area contributed by atoms with E-state index in [-0.39, 0.29) is 6.10 Å². The molecule has 0 radical (unpaired) electrons. The summed E-state index contributed by atoms with van der Waals surface area (Å²) in [6.07, 6.45) is 4.72. The van der Waals surface area contributed by atoms with E-state index in [1.54, 1.807) is 6.20 Å². The van der Waals surface area contributed by atoms with Crippen molar-refractivity contribution in [3.63, 3.8) is 0 Å². The van der Waals surface area contributed by atoms with Gasteiger partial charge in [-0.05, 0) is 13.5 Å². The Morgan fingerprint density at radius 2 is 2.41 bits per heavy atom. The van der Waals surface area contributed by atoms with Crippen LogP contribution in [0.5, 0.6) is 0 Å². The van der Waals surface area contributed by atoms with Gasteiger partial charge in [0.05, 0.1) is 18.8 Å². The second-order valence-electron chi connectivity index (χ2n) is 4.73. The number of aromatic nitrogens is 2. The largest absolute Gasteiger partial charge is 0.390 e. The van der Waals surface area contributed by atoms with E-state index in [1.165, 1.54) is 0 Å². The Morgan fingerprint density at radius 1 is 1.59 bits per heavy atom. The van der Waals surface area contributed by atoms with Crippen molar-refractivity contribution in [2.75, 3.05) is 26.7 Å². The number of rotatable bonds is 4. The number of aliphatic hydroxyl groups excluding tert-OH is 1. The molecule has 5 heteroatoms. The molecule has 5 nitrogen and oxygen atoms in total. The number of likely N-dealkylation sites (N-methyl/N-ethyl adjacent to an activating group) is 1. The van der Waals surface area contributed by atoms with Crippen LogP contribution in [0, 0.1) is 0 Å². The molecule has 1 N–H and O–H groups in total. The van der Waals surface area contributed by atoms with Crippen LogP contribution in [0.2, 0.25) is 0 Å². The van der Waals surface area contributed by atoms with Gasteiger partial charge in [-0.25, -0.2) is 4.98 Å². The number of ether oxygens (including phenoxy) is 1. The Hall–Kier alpha value is -0.910. The fourth-order valence-corrected chi connectivity index (χ4v) is 2.14. The molecule has 96 valence electrons. The van der Waals surface area contributed by atoms with Crippen molar-refractivity contribution in [1.29, 1.82) is 0 Å². The predicted octanol–water partition coefficient (Wildman–Crippen LogP) is 0.0442. The lowest BCUT2D eigenvalue weighted by molar-refractivity contribution is -0.0848. The van der Waals surface area contributed by atoms with E-state index in [0.29, 0.717) is 13.0 Å². The van der Waals surface area contributed by atoms with E-state index < -0.39 is 6.10 Å². The molecule has 2 unspecified atom stereocenters. The highest BCUT2D eigenvalue weighted by molar-refractivity contribution is 4.92. The van der Waals surface area contributed by atoms with Gasteiger partial charge in [-0.2, -0.15) is 0 Å². The van der Waals surface area contributed by atoms with Crippen LogP contribution in [-0.2, 0) is 18.2 Å². The third kappa shape index (κ3) is 3.28. The van der Waals surface area contributed by atoms with Gasteiger partial charge in [0.2, 0.25) is 0 Å². The minimum atomic E-state index is -0.408.